The van der Waals surface area contributed by atoms with Crippen molar-refractivity contribution in [3.8, 4) is 0 Å². The van der Waals surface area contributed by atoms with Crippen LogP contribution >= 0.6 is 11.8 Å². The molecule has 0 amide bonds. The van der Waals surface area contributed by atoms with Gasteiger partial charge in [0.1, 0.15) is 5.82 Å². The number of nitrogens with zero attached hydrogens (tertiary/aromatic N) is 1. The molecule has 1 N–H and O–H groups in total. The number of thioether (sulfide) groups is 1. The average Bonchev–Trinajstić information content (AvgIpc) is 2.58. The number of rotatable bonds is 4. The number of aromatic amines is 1. The first-order valence-corrected chi connectivity index (χ1v) is 7.46. The molecule has 1 rings (SSSR count). The fourth-order valence-electron chi connectivity index (χ4n) is 1.42. The van der Waals surface area contributed by atoms with E-state index in [9.17, 15) is 0 Å². The number of aromatic nitrogens is 2. The van der Waals surface area contributed by atoms with Gasteiger partial charge >= 0.3 is 0 Å². The maximum Gasteiger partial charge on any atom is 0.107 e. The number of hydrogen-bond donors (Lipinski definition) is 1. The molecule has 98 valence electrons. The molecule has 0 atom stereocenters. The van der Waals surface area contributed by atoms with E-state index in [1.54, 1.807) is 0 Å². The summed E-state index contributed by atoms with van der Waals surface area (Å²) in [6.45, 7) is 13.5. The Labute approximate surface area is 110 Å². The lowest BCUT2D eigenvalue weighted by molar-refractivity contribution is 0.480. The first kappa shape index (κ1) is 14.6. The summed E-state index contributed by atoms with van der Waals surface area (Å²) in [4.78, 5) is 7.87. The molecule has 17 heavy (non-hydrogen) atoms. The number of aryl methyl sites for hydroxylation is 1. The smallest absolute Gasteiger partial charge is 0.107 e. The maximum atomic E-state index is 4.45. The van der Waals surface area contributed by atoms with Crippen molar-refractivity contribution in [3.63, 3.8) is 0 Å². The van der Waals surface area contributed by atoms with Gasteiger partial charge in [-0.25, -0.2) is 4.98 Å². The van der Waals surface area contributed by atoms with Gasteiger partial charge in [-0.2, -0.15) is 11.8 Å². The van der Waals surface area contributed by atoms with Crippen molar-refractivity contribution in [2.75, 3.05) is 11.5 Å². The predicted octanol–water partition coefficient (Wildman–Crippen LogP) is 4.03. The highest BCUT2D eigenvalue weighted by atomic mass is 32.2. The predicted molar refractivity (Wildman–Crippen MR) is 77.8 cm³/mol. The van der Waals surface area contributed by atoms with Crippen molar-refractivity contribution in [1.82, 2.24) is 9.97 Å². The van der Waals surface area contributed by atoms with Crippen LogP contribution in [0.5, 0.6) is 0 Å². The maximum absolute atomic E-state index is 4.45. The fourth-order valence-corrected chi connectivity index (χ4v) is 2.51. The van der Waals surface area contributed by atoms with Gasteiger partial charge in [-0.15, -0.1) is 0 Å². The van der Waals surface area contributed by atoms with E-state index in [1.165, 1.54) is 11.4 Å². The highest BCUT2D eigenvalue weighted by Crippen LogP contribution is 2.22. The molecule has 1 heterocycles. The quantitative estimate of drug-likeness (QED) is 0.822. The van der Waals surface area contributed by atoms with Crippen molar-refractivity contribution < 1.29 is 0 Å². The van der Waals surface area contributed by atoms with Crippen LogP contribution in [-0.2, 0) is 11.8 Å². The van der Waals surface area contributed by atoms with Crippen molar-refractivity contribution >= 4 is 11.8 Å². The summed E-state index contributed by atoms with van der Waals surface area (Å²) in [5.41, 5.74) is 1.82. The Hall–Kier alpha value is -0.440. The monoisotopic (exact) mass is 254 g/mol. The highest BCUT2D eigenvalue weighted by molar-refractivity contribution is 7.99. The molecule has 3 heteroatoms. The molecular formula is C14H26N2S. The first-order valence-electron chi connectivity index (χ1n) is 6.30. The Morgan fingerprint density at radius 3 is 2.29 bits per heavy atom. The van der Waals surface area contributed by atoms with Crippen molar-refractivity contribution in [3.05, 3.63) is 17.7 Å². The van der Waals surface area contributed by atoms with Crippen LogP contribution in [0.15, 0.2) is 6.20 Å². The SMILES string of the molecule is CC(C)(C)CSCCc1ncc(C(C)(C)C)[nH]1. The van der Waals surface area contributed by atoms with E-state index < -0.39 is 0 Å². The molecule has 1 aromatic rings. The molecule has 0 bridgehead atoms. The summed E-state index contributed by atoms with van der Waals surface area (Å²) in [7, 11) is 0. The van der Waals surface area contributed by atoms with Crippen molar-refractivity contribution in [2.24, 2.45) is 5.41 Å². The van der Waals surface area contributed by atoms with Gasteiger partial charge in [0.25, 0.3) is 0 Å². The molecule has 0 spiro atoms. The molecule has 2 nitrogen and oxygen atoms in total. The van der Waals surface area contributed by atoms with Gasteiger partial charge in [-0.3, -0.25) is 0 Å². The van der Waals surface area contributed by atoms with E-state index in [-0.39, 0.29) is 5.41 Å². The van der Waals surface area contributed by atoms with E-state index >= 15 is 0 Å². The Morgan fingerprint density at radius 2 is 1.82 bits per heavy atom. The number of H-pyrrole nitrogens is 1. The molecule has 0 saturated carbocycles. The number of imidazole rings is 1. The van der Waals surface area contributed by atoms with Gasteiger partial charge in [0.05, 0.1) is 0 Å². The standard InChI is InChI=1S/C14H26N2S/c1-13(2,3)10-17-8-7-12-15-9-11(16-12)14(4,5)6/h9H,7-8,10H2,1-6H3,(H,15,16). The third-order valence-electron chi connectivity index (χ3n) is 2.45. The summed E-state index contributed by atoms with van der Waals surface area (Å²) in [6.07, 6.45) is 3.01. The van der Waals surface area contributed by atoms with Crippen LogP contribution in [0.1, 0.15) is 53.1 Å². The summed E-state index contributed by atoms with van der Waals surface area (Å²) in [5.74, 6) is 3.48. The topological polar surface area (TPSA) is 28.7 Å². The highest BCUT2D eigenvalue weighted by Gasteiger charge is 2.16. The Kier molecular flexibility index (Phi) is 4.70. The molecule has 1 aromatic heterocycles. The summed E-state index contributed by atoms with van der Waals surface area (Å²) >= 11 is 2.01. The molecule has 0 aromatic carbocycles. The molecule has 0 fully saturated rings. The number of nitrogens with one attached hydrogen (secondary N) is 1. The van der Waals surface area contributed by atoms with Crippen LogP contribution in [0.25, 0.3) is 0 Å². The molecule has 0 aliphatic rings. The van der Waals surface area contributed by atoms with Gasteiger partial charge < -0.3 is 4.98 Å². The van der Waals surface area contributed by atoms with Gasteiger partial charge in [-0.05, 0) is 11.2 Å². The van der Waals surface area contributed by atoms with E-state index in [2.05, 4.69) is 51.5 Å². The minimum absolute atomic E-state index is 0.170. The van der Waals surface area contributed by atoms with Crippen molar-refractivity contribution in [1.29, 1.82) is 0 Å². The lowest BCUT2D eigenvalue weighted by Gasteiger charge is -2.17. The van der Waals surface area contributed by atoms with E-state index in [1.807, 2.05) is 18.0 Å². The minimum atomic E-state index is 0.170. The second-order valence-corrected chi connectivity index (χ2v) is 7.96. The van der Waals surface area contributed by atoms with Crippen LogP contribution in [0.2, 0.25) is 0 Å². The molecule has 0 unspecified atom stereocenters. The molecule has 0 aliphatic carbocycles. The van der Waals surface area contributed by atoms with Crippen LogP contribution in [0.4, 0.5) is 0 Å². The first-order chi connectivity index (χ1) is 7.68. The lowest BCUT2D eigenvalue weighted by Crippen LogP contribution is -2.11. The zero-order valence-corrected chi connectivity index (χ0v) is 12.9. The summed E-state index contributed by atoms with van der Waals surface area (Å²) in [5, 5.41) is 0. The zero-order chi connectivity index (χ0) is 13.1. The van der Waals surface area contributed by atoms with E-state index in [4.69, 9.17) is 0 Å². The largest absolute Gasteiger partial charge is 0.345 e. The second-order valence-electron chi connectivity index (χ2n) is 6.86. The van der Waals surface area contributed by atoms with Gasteiger partial charge in [0, 0.05) is 29.5 Å². The molecule has 0 saturated heterocycles. The third kappa shape index (κ3) is 5.62. The Morgan fingerprint density at radius 1 is 1.18 bits per heavy atom. The lowest BCUT2D eigenvalue weighted by atomic mass is 9.93. The molecule has 0 radical (unpaired) electrons. The third-order valence-corrected chi connectivity index (χ3v) is 4.02. The van der Waals surface area contributed by atoms with Gasteiger partial charge in [-0.1, -0.05) is 41.5 Å². The summed E-state index contributed by atoms with van der Waals surface area (Å²) in [6, 6.07) is 0. The summed E-state index contributed by atoms with van der Waals surface area (Å²) < 4.78 is 0. The molecule has 0 aliphatic heterocycles. The normalized spacial score (nSPS) is 13.1. The van der Waals surface area contributed by atoms with E-state index in [0.717, 1.165) is 18.0 Å². The minimum Gasteiger partial charge on any atom is -0.345 e. The van der Waals surface area contributed by atoms with Crippen LogP contribution in [-0.4, -0.2) is 21.5 Å². The van der Waals surface area contributed by atoms with Crippen molar-refractivity contribution in [2.45, 2.75) is 53.4 Å². The fraction of sp³-hybridized carbons (Fsp3) is 0.786. The Bertz CT molecular complexity index is 342. The average molecular weight is 254 g/mol. The van der Waals surface area contributed by atoms with Gasteiger partial charge in [0.2, 0.25) is 0 Å². The second kappa shape index (κ2) is 5.47. The number of hydrogen-bond acceptors (Lipinski definition) is 2. The zero-order valence-electron chi connectivity index (χ0n) is 12.1. The van der Waals surface area contributed by atoms with Crippen LogP contribution in [0.3, 0.4) is 0 Å². The van der Waals surface area contributed by atoms with E-state index in [0.29, 0.717) is 5.41 Å². The molecular weight excluding hydrogens is 228 g/mol. The van der Waals surface area contributed by atoms with Crippen LogP contribution in [0, 0.1) is 5.41 Å². The Balaban J connectivity index is 2.36. The van der Waals surface area contributed by atoms with Crippen LogP contribution < -0.4 is 0 Å². The van der Waals surface area contributed by atoms with Gasteiger partial charge in [0.15, 0.2) is 0 Å².